The fourth-order valence-corrected chi connectivity index (χ4v) is 5.88. The van der Waals surface area contributed by atoms with E-state index < -0.39 is 11.7 Å². The first-order valence-electron chi connectivity index (χ1n) is 13.2. The molecule has 198 valence electrons. The number of aryl methyl sites for hydroxylation is 2. The Labute approximate surface area is 216 Å². The van der Waals surface area contributed by atoms with E-state index in [0.29, 0.717) is 45.1 Å². The summed E-state index contributed by atoms with van der Waals surface area (Å²) in [5, 5.41) is 4.58. The summed E-state index contributed by atoms with van der Waals surface area (Å²) in [5.41, 5.74) is 4.54. The number of halogens is 3. The highest BCUT2D eigenvalue weighted by Crippen LogP contribution is 2.32. The van der Waals surface area contributed by atoms with Crippen LogP contribution in [0.3, 0.4) is 0 Å². The minimum atomic E-state index is -4.33. The third-order valence-corrected chi connectivity index (χ3v) is 8.08. The number of carbonyl (C=O) groups is 1. The SMILES string of the molecule is Cc1c(C(=O)N2CCN(CC3=CC=C(C(F)(F)F)C=CC3)CC2)n(C)c2ccc(C3CCNCC3)cc12. The molecular formula is C29H35F3N4O. The van der Waals surface area contributed by atoms with E-state index in [0.717, 1.165) is 65.8 Å². The highest BCUT2D eigenvalue weighted by molar-refractivity contribution is 6.01. The van der Waals surface area contributed by atoms with Crippen molar-refractivity contribution in [2.24, 2.45) is 7.05 Å². The molecule has 3 heterocycles. The lowest BCUT2D eigenvalue weighted by Crippen LogP contribution is -2.49. The second kappa shape index (κ2) is 10.5. The van der Waals surface area contributed by atoms with E-state index in [9.17, 15) is 18.0 Å². The molecular weight excluding hydrogens is 477 g/mol. The number of aromatic nitrogens is 1. The van der Waals surface area contributed by atoms with E-state index in [4.69, 9.17) is 0 Å². The Morgan fingerprint density at radius 3 is 2.51 bits per heavy atom. The molecule has 5 rings (SSSR count). The number of hydrogen-bond donors (Lipinski definition) is 1. The molecule has 2 aliphatic heterocycles. The number of piperidine rings is 1. The van der Waals surface area contributed by atoms with E-state index in [1.165, 1.54) is 5.56 Å². The van der Waals surface area contributed by atoms with Gasteiger partial charge in [0.25, 0.3) is 5.91 Å². The molecule has 1 amide bonds. The molecule has 1 aliphatic carbocycles. The van der Waals surface area contributed by atoms with Gasteiger partial charge in [0.2, 0.25) is 0 Å². The Morgan fingerprint density at radius 2 is 1.81 bits per heavy atom. The number of alkyl halides is 3. The van der Waals surface area contributed by atoms with Gasteiger partial charge in [0.15, 0.2) is 0 Å². The van der Waals surface area contributed by atoms with Crippen LogP contribution in [0.15, 0.2) is 53.6 Å². The Balaban J connectivity index is 1.25. The molecule has 3 aliphatic rings. The van der Waals surface area contributed by atoms with Gasteiger partial charge >= 0.3 is 6.18 Å². The Bertz CT molecular complexity index is 1260. The number of fused-ring (bicyclic) bond motifs is 1. The predicted molar refractivity (Wildman–Crippen MR) is 141 cm³/mol. The number of rotatable bonds is 4. The third-order valence-electron chi connectivity index (χ3n) is 8.08. The molecule has 0 unspecified atom stereocenters. The molecule has 0 bridgehead atoms. The standard InChI is InChI=1S/C29H35F3N4O/c1-20-25-18-23(22-10-12-33-13-11-22)7-9-26(25)34(2)27(20)28(37)36-16-14-35(15-17-36)19-21-4-3-5-24(8-6-21)29(30,31)32/h3,5-9,18,22,33H,4,10-17,19H2,1-2H3. The molecule has 0 radical (unpaired) electrons. The molecule has 0 atom stereocenters. The van der Waals surface area contributed by atoms with Gasteiger partial charge in [-0.15, -0.1) is 0 Å². The maximum atomic E-state index is 13.6. The first-order chi connectivity index (χ1) is 17.7. The lowest BCUT2D eigenvalue weighted by molar-refractivity contribution is -0.0881. The predicted octanol–water partition coefficient (Wildman–Crippen LogP) is 5.09. The van der Waals surface area contributed by atoms with Crippen LogP contribution in [0.4, 0.5) is 13.2 Å². The van der Waals surface area contributed by atoms with Crippen molar-refractivity contribution in [3.05, 3.63) is 70.5 Å². The van der Waals surface area contributed by atoms with Crippen molar-refractivity contribution in [1.29, 1.82) is 0 Å². The second-order valence-corrected chi connectivity index (χ2v) is 10.5. The molecule has 2 saturated heterocycles. The van der Waals surface area contributed by atoms with E-state index in [-0.39, 0.29) is 5.91 Å². The number of amides is 1. The zero-order chi connectivity index (χ0) is 26.2. The lowest BCUT2D eigenvalue weighted by Gasteiger charge is -2.35. The summed E-state index contributed by atoms with van der Waals surface area (Å²) < 4.78 is 41.0. The maximum Gasteiger partial charge on any atom is 0.416 e. The number of hydrogen-bond acceptors (Lipinski definition) is 3. The normalized spacial score (nSPS) is 20.2. The molecule has 2 aromatic rings. The highest BCUT2D eigenvalue weighted by Gasteiger charge is 2.32. The van der Waals surface area contributed by atoms with Gasteiger partial charge < -0.3 is 14.8 Å². The fourth-order valence-electron chi connectivity index (χ4n) is 5.88. The van der Waals surface area contributed by atoms with Gasteiger partial charge in [-0.3, -0.25) is 9.69 Å². The average molecular weight is 513 g/mol. The van der Waals surface area contributed by atoms with Crippen molar-refractivity contribution in [2.45, 2.75) is 38.3 Å². The van der Waals surface area contributed by atoms with Gasteiger partial charge in [-0.25, -0.2) is 0 Å². The third kappa shape index (κ3) is 5.41. The number of carbonyl (C=O) groups excluding carboxylic acids is 1. The van der Waals surface area contributed by atoms with Crippen molar-refractivity contribution >= 4 is 16.8 Å². The Kier molecular flexibility index (Phi) is 7.32. The minimum absolute atomic E-state index is 0.0497. The molecule has 8 heteroatoms. The molecule has 0 spiro atoms. The van der Waals surface area contributed by atoms with Crippen molar-refractivity contribution < 1.29 is 18.0 Å². The van der Waals surface area contributed by atoms with Gasteiger partial charge in [0.1, 0.15) is 5.69 Å². The average Bonchev–Trinajstić information content (AvgIpc) is 3.03. The van der Waals surface area contributed by atoms with Gasteiger partial charge in [-0.05, 0) is 68.5 Å². The summed E-state index contributed by atoms with van der Waals surface area (Å²) in [7, 11) is 1.97. The van der Waals surface area contributed by atoms with Gasteiger partial charge in [-0.2, -0.15) is 13.2 Å². The van der Waals surface area contributed by atoms with Crippen LogP contribution in [0.25, 0.3) is 10.9 Å². The second-order valence-electron chi connectivity index (χ2n) is 10.5. The van der Waals surface area contributed by atoms with Gasteiger partial charge in [-0.1, -0.05) is 35.9 Å². The van der Waals surface area contributed by atoms with Crippen LogP contribution in [-0.2, 0) is 7.05 Å². The smallest absolute Gasteiger partial charge is 0.339 e. The van der Waals surface area contributed by atoms with Crippen LogP contribution >= 0.6 is 0 Å². The summed E-state index contributed by atoms with van der Waals surface area (Å²) in [6, 6.07) is 6.65. The summed E-state index contributed by atoms with van der Waals surface area (Å²) in [5.74, 6) is 0.612. The number of piperazine rings is 1. The summed E-state index contributed by atoms with van der Waals surface area (Å²) in [4.78, 5) is 17.7. The number of nitrogens with zero attached hydrogens (tertiary/aromatic N) is 3. The maximum absolute atomic E-state index is 13.6. The van der Waals surface area contributed by atoms with Crippen LogP contribution in [0.5, 0.6) is 0 Å². The van der Waals surface area contributed by atoms with Crippen molar-refractivity contribution in [3.63, 3.8) is 0 Å². The van der Waals surface area contributed by atoms with Crippen molar-refractivity contribution in [1.82, 2.24) is 19.7 Å². The molecule has 2 fully saturated rings. The summed E-state index contributed by atoms with van der Waals surface area (Å²) >= 11 is 0. The molecule has 0 saturated carbocycles. The van der Waals surface area contributed by atoms with Gasteiger partial charge in [0, 0.05) is 50.7 Å². The topological polar surface area (TPSA) is 40.5 Å². The van der Waals surface area contributed by atoms with Crippen LogP contribution in [0.1, 0.15) is 46.8 Å². The zero-order valence-corrected chi connectivity index (χ0v) is 21.6. The number of allylic oxidation sites excluding steroid dienone is 5. The van der Waals surface area contributed by atoms with E-state index >= 15 is 0 Å². The quantitative estimate of drug-likeness (QED) is 0.621. The van der Waals surface area contributed by atoms with Gasteiger partial charge in [0.05, 0.1) is 5.57 Å². The molecule has 1 aromatic heterocycles. The number of nitrogens with one attached hydrogen (secondary N) is 1. The first kappa shape index (κ1) is 25.8. The molecule has 37 heavy (non-hydrogen) atoms. The van der Waals surface area contributed by atoms with Crippen molar-refractivity contribution in [3.8, 4) is 0 Å². The van der Waals surface area contributed by atoms with Crippen LogP contribution in [0, 0.1) is 6.92 Å². The van der Waals surface area contributed by atoms with Crippen molar-refractivity contribution in [2.75, 3.05) is 45.8 Å². The molecule has 1 aromatic carbocycles. The molecule has 5 nitrogen and oxygen atoms in total. The molecule has 1 N–H and O–H groups in total. The highest BCUT2D eigenvalue weighted by atomic mass is 19.4. The van der Waals surface area contributed by atoms with E-state index in [2.05, 4.69) is 28.4 Å². The Hall–Kier alpha value is -2.84. The first-order valence-corrected chi connectivity index (χ1v) is 13.2. The summed E-state index contributed by atoms with van der Waals surface area (Å²) in [6.45, 7) is 7.36. The van der Waals surface area contributed by atoms with E-state index in [1.54, 1.807) is 12.2 Å². The van der Waals surface area contributed by atoms with Crippen LogP contribution in [-0.4, -0.2) is 72.3 Å². The largest absolute Gasteiger partial charge is 0.416 e. The van der Waals surface area contributed by atoms with E-state index in [1.807, 2.05) is 23.4 Å². The monoisotopic (exact) mass is 512 g/mol. The summed E-state index contributed by atoms with van der Waals surface area (Å²) in [6.07, 6.45) is 3.95. The van der Waals surface area contributed by atoms with Crippen LogP contribution < -0.4 is 5.32 Å². The lowest BCUT2D eigenvalue weighted by atomic mass is 9.89. The minimum Gasteiger partial charge on any atom is -0.339 e. The van der Waals surface area contributed by atoms with Crippen LogP contribution in [0.2, 0.25) is 0 Å². The zero-order valence-electron chi connectivity index (χ0n) is 21.6. The number of benzene rings is 1. The Morgan fingerprint density at radius 1 is 1.08 bits per heavy atom. The fraction of sp³-hybridized carbons (Fsp3) is 0.483.